The zero-order valence-corrected chi connectivity index (χ0v) is 6.58. The number of aliphatic carboxylic acids is 1. The Balaban J connectivity index is 3.73. The highest BCUT2D eigenvalue weighted by atomic mass is 16.4. The van der Waals surface area contributed by atoms with E-state index in [2.05, 4.69) is 0 Å². The fraction of sp³-hybridized carbons (Fsp3) is 0.571. The number of carbonyl (C=O) groups is 3. The third-order valence-corrected chi connectivity index (χ3v) is 1.31. The van der Waals surface area contributed by atoms with Crippen molar-refractivity contribution in [2.45, 2.75) is 19.3 Å². The van der Waals surface area contributed by atoms with Crippen LogP contribution >= 0.6 is 0 Å². The largest absolute Gasteiger partial charge is 0.475 e. The predicted octanol–water partition coefficient (Wildman–Crippen LogP) is -0.662. The summed E-state index contributed by atoms with van der Waals surface area (Å²) in [5.41, 5.74) is 5.14. The van der Waals surface area contributed by atoms with Crippen LogP contribution in [-0.2, 0) is 14.4 Å². The van der Waals surface area contributed by atoms with E-state index in [1.54, 1.807) is 0 Å². The summed E-state index contributed by atoms with van der Waals surface area (Å²) in [4.78, 5) is 31.1. The second-order valence-electron chi connectivity index (χ2n) is 2.30. The van der Waals surface area contributed by atoms with Gasteiger partial charge in [0.05, 0.1) is 0 Å². The Morgan fingerprint density at radius 1 is 1.17 bits per heavy atom. The summed E-state index contributed by atoms with van der Waals surface area (Å²) in [7, 11) is 0. The molecular formula is C7H11NO4. The molecule has 0 fully saturated rings. The minimum absolute atomic E-state index is 0.0255. The standard InChI is InChI=1S/C7H11NO4/c8-4-2-1-3-5(9)6(10)7(11)12/h1-4,8H2,(H,11,12). The van der Waals surface area contributed by atoms with Gasteiger partial charge in [-0.25, -0.2) is 4.79 Å². The monoisotopic (exact) mass is 173 g/mol. The number of carbonyl (C=O) groups excluding carboxylic acids is 2. The van der Waals surface area contributed by atoms with E-state index in [9.17, 15) is 14.4 Å². The maximum absolute atomic E-state index is 10.7. The molecule has 0 aromatic rings. The molecule has 0 bridgehead atoms. The fourth-order valence-electron chi connectivity index (χ4n) is 0.663. The Morgan fingerprint density at radius 2 is 1.75 bits per heavy atom. The smallest absolute Gasteiger partial charge is 0.380 e. The quantitative estimate of drug-likeness (QED) is 0.315. The lowest BCUT2D eigenvalue weighted by Gasteiger charge is -1.94. The molecule has 0 saturated carbocycles. The summed E-state index contributed by atoms with van der Waals surface area (Å²) in [5, 5.41) is 8.11. The van der Waals surface area contributed by atoms with Gasteiger partial charge in [0.25, 0.3) is 0 Å². The average Bonchev–Trinajstić information content (AvgIpc) is 2.03. The predicted molar refractivity (Wildman–Crippen MR) is 40.6 cm³/mol. The van der Waals surface area contributed by atoms with Crippen molar-refractivity contribution in [3.63, 3.8) is 0 Å². The molecule has 12 heavy (non-hydrogen) atoms. The van der Waals surface area contributed by atoms with E-state index in [0.29, 0.717) is 19.4 Å². The van der Waals surface area contributed by atoms with Crippen molar-refractivity contribution < 1.29 is 19.5 Å². The minimum atomic E-state index is -1.69. The molecule has 0 spiro atoms. The summed E-state index contributed by atoms with van der Waals surface area (Å²) in [5.74, 6) is -3.88. The van der Waals surface area contributed by atoms with Crippen LogP contribution in [-0.4, -0.2) is 29.2 Å². The molecule has 0 aromatic heterocycles. The first-order valence-corrected chi connectivity index (χ1v) is 3.60. The number of unbranched alkanes of at least 4 members (excludes halogenated alkanes) is 1. The SMILES string of the molecule is NCCCCC(=O)C(=O)C(=O)O. The Labute approximate surface area is 69.5 Å². The lowest BCUT2D eigenvalue weighted by molar-refractivity contribution is -0.152. The Morgan fingerprint density at radius 3 is 2.17 bits per heavy atom. The van der Waals surface area contributed by atoms with Gasteiger partial charge in [0.15, 0.2) is 0 Å². The Bertz CT molecular complexity index is 200. The van der Waals surface area contributed by atoms with E-state index < -0.39 is 17.5 Å². The number of hydrogen-bond donors (Lipinski definition) is 2. The van der Waals surface area contributed by atoms with Gasteiger partial charge in [-0.15, -0.1) is 0 Å². The summed E-state index contributed by atoms with van der Waals surface area (Å²) in [6.07, 6.45) is 1.06. The van der Waals surface area contributed by atoms with Crippen molar-refractivity contribution in [3.05, 3.63) is 0 Å². The second-order valence-corrected chi connectivity index (χ2v) is 2.30. The Hall–Kier alpha value is -1.23. The molecule has 5 heteroatoms. The second kappa shape index (κ2) is 5.42. The van der Waals surface area contributed by atoms with Gasteiger partial charge in [0.1, 0.15) is 0 Å². The van der Waals surface area contributed by atoms with Crippen LogP contribution in [0.25, 0.3) is 0 Å². The molecule has 0 rings (SSSR count). The van der Waals surface area contributed by atoms with Gasteiger partial charge in [0, 0.05) is 6.42 Å². The summed E-state index contributed by atoms with van der Waals surface area (Å²) >= 11 is 0. The number of nitrogens with two attached hydrogens (primary N) is 1. The van der Waals surface area contributed by atoms with Crippen molar-refractivity contribution in [3.8, 4) is 0 Å². The van der Waals surface area contributed by atoms with Crippen molar-refractivity contribution in [2.75, 3.05) is 6.54 Å². The molecule has 68 valence electrons. The number of rotatable bonds is 6. The summed E-state index contributed by atoms with van der Waals surface area (Å²) in [6, 6.07) is 0. The molecule has 0 aliphatic carbocycles. The fourth-order valence-corrected chi connectivity index (χ4v) is 0.663. The number of carboxylic acids is 1. The first-order valence-electron chi connectivity index (χ1n) is 3.60. The average molecular weight is 173 g/mol. The van der Waals surface area contributed by atoms with E-state index in [-0.39, 0.29) is 6.42 Å². The van der Waals surface area contributed by atoms with Crippen molar-refractivity contribution >= 4 is 17.5 Å². The van der Waals surface area contributed by atoms with Crippen LogP contribution in [0.1, 0.15) is 19.3 Å². The van der Waals surface area contributed by atoms with Gasteiger partial charge in [0.2, 0.25) is 5.78 Å². The molecule has 0 amide bonds. The van der Waals surface area contributed by atoms with Gasteiger partial charge >= 0.3 is 11.8 Å². The van der Waals surface area contributed by atoms with Gasteiger partial charge < -0.3 is 10.8 Å². The molecule has 0 aliphatic heterocycles. The van der Waals surface area contributed by atoms with E-state index in [1.165, 1.54) is 0 Å². The van der Waals surface area contributed by atoms with Crippen molar-refractivity contribution in [1.29, 1.82) is 0 Å². The normalized spacial score (nSPS) is 9.42. The third-order valence-electron chi connectivity index (χ3n) is 1.31. The van der Waals surface area contributed by atoms with E-state index in [4.69, 9.17) is 10.8 Å². The molecule has 0 saturated heterocycles. The molecule has 0 aliphatic rings. The maximum atomic E-state index is 10.7. The molecule has 0 heterocycles. The van der Waals surface area contributed by atoms with E-state index >= 15 is 0 Å². The molecular weight excluding hydrogens is 162 g/mol. The summed E-state index contributed by atoms with van der Waals surface area (Å²) in [6.45, 7) is 0.439. The lowest BCUT2D eigenvalue weighted by atomic mass is 10.1. The first-order chi connectivity index (χ1) is 5.59. The van der Waals surface area contributed by atoms with Crippen LogP contribution in [0.15, 0.2) is 0 Å². The first kappa shape index (κ1) is 10.8. The van der Waals surface area contributed by atoms with Gasteiger partial charge in [-0.05, 0) is 19.4 Å². The molecule has 5 nitrogen and oxygen atoms in total. The van der Waals surface area contributed by atoms with Crippen LogP contribution in [0.4, 0.5) is 0 Å². The zero-order chi connectivity index (χ0) is 9.56. The number of hydrogen-bond acceptors (Lipinski definition) is 4. The minimum Gasteiger partial charge on any atom is -0.475 e. The number of carboxylic acid groups (broad SMARTS) is 1. The maximum Gasteiger partial charge on any atom is 0.380 e. The van der Waals surface area contributed by atoms with Crippen molar-refractivity contribution in [2.24, 2.45) is 5.73 Å². The highest BCUT2D eigenvalue weighted by Crippen LogP contribution is 1.95. The Kier molecular flexibility index (Phi) is 4.87. The number of ketones is 2. The van der Waals surface area contributed by atoms with Crippen molar-refractivity contribution in [1.82, 2.24) is 0 Å². The topological polar surface area (TPSA) is 97.5 Å². The van der Waals surface area contributed by atoms with Gasteiger partial charge in [-0.3, -0.25) is 9.59 Å². The molecule has 0 atom stereocenters. The highest BCUT2D eigenvalue weighted by molar-refractivity contribution is 6.61. The van der Waals surface area contributed by atoms with Gasteiger partial charge in [-0.2, -0.15) is 0 Å². The molecule has 0 radical (unpaired) electrons. The van der Waals surface area contributed by atoms with Crippen LogP contribution in [0.5, 0.6) is 0 Å². The summed E-state index contributed by atoms with van der Waals surface area (Å²) < 4.78 is 0. The van der Waals surface area contributed by atoms with Crippen LogP contribution in [0, 0.1) is 0 Å². The van der Waals surface area contributed by atoms with Crippen LogP contribution in [0.2, 0.25) is 0 Å². The lowest BCUT2D eigenvalue weighted by Crippen LogP contribution is -2.23. The zero-order valence-electron chi connectivity index (χ0n) is 6.58. The van der Waals surface area contributed by atoms with Crippen LogP contribution in [0.3, 0.4) is 0 Å². The molecule has 0 aromatic carbocycles. The molecule has 3 N–H and O–H groups in total. The van der Waals surface area contributed by atoms with E-state index in [1.807, 2.05) is 0 Å². The van der Waals surface area contributed by atoms with E-state index in [0.717, 1.165) is 0 Å². The van der Waals surface area contributed by atoms with Crippen LogP contribution < -0.4 is 5.73 Å². The van der Waals surface area contributed by atoms with Gasteiger partial charge in [-0.1, -0.05) is 0 Å². The third kappa shape index (κ3) is 3.82. The number of Topliss-reactive ketones (excluding diaryl/α,β-unsaturated/α-hetero) is 2. The highest BCUT2D eigenvalue weighted by Gasteiger charge is 2.20. The molecule has 0 unspecified atom stereocenters.